The van der Waals surface area contributed by atoms with Crippen LogP contribution in [0.5, 0.6) is 0 Å². The first-order valence-corrected chi connectivity index (χ1v) is 14.9. The van der Waals surface area contributed by atoms with Gasteiger partial charge in [0.1, 0.15) is 5.60 Å². The third-order valence-electron chi connectivity index (χ3n) is 11.6. The monoisotopic (exact) mass is 496 g/mol. The molecule has 2 heterocycles. The van der Waals surface area contributed by atoms with E-state index < -0.39 is 0 Å². The van der Waals surface area contributed by atoms with Crippen LogP contribution in [0.3, 0.4) is 0 Å². The molecule has 1 saturated heterocycles. The zero-order valence-electron chi connectivity index (χ0n) is 22.7. The number of furan rings is 1. The predicted octanol–water partition coefficient (Wildman–Crippen LogP) is 5.89. The first-order chi connectivity index (χ1) is 17.5. The smallest absolute Gasteiger partial charge is 0.102 e. The number of nitrogens with two attached hydrogens (primary N) is 1. The maximum Gasteiger partial charge on any atom is 0.102 e. The zero-order valence-corrected chi connectivity index (χ0v) is 22.7. The molecule has 1 aliphatic heterocycles. The Morgan fingerprint density at radius 3 is 2.64 bits per heavy atom. The maximum absolute atomic E-state index is 6.74. The molecule has 0 aromatic carbocycles. The van der Waals surface area contributed by atoms with Crippen LogP contribution in [-0.2, 0) is 15.1 Å². The molecule has 0 spiro atoms. The fraction of sp³-hybridized carbons (Fsp3) is 0.806. The largest absolute Gasteiger partial charge is 0.472 e. The van der Waals surface area contributed by atoms with E-state index in [0.29, 0.717) is 30.6 Å². The highest BCUT2D eigenvalue weighted by atomic mass is 16.5. The van der Waals surface area contributed by atoms with E-state index in [0.717, 1.165) is 31.4 Å². The fourth-order valence-electron chi connectivity index (χ4n) is 9.69. The van der Waals surface area contributed by atoms with Gasteiger partial charge in [0.25, 0.3) is 0 Å². The summed E-state index contributed by atoms with van der Waals surface area (Å²) in [5, 5.41) is 0. The van der Waals surface area contributed by atoms with Crippen molar-refractivity contribution in [2.24, 2.45) is 34.3 Å². The van der Waals surface area contributed by atoms with Gasteiger partial charge in [-0.05, 0) is 107 Å². The number of fused-ring (bicyclic) bond motifs is 5. The summed E-state index contributed by atoms with van der Waals surface area (Å²) in [7, 11) is 0. The molecule has 4 aliphatic carbocycles. The third kappa shape index (κ3) is 3.95. The van der Waals surface area contributed by atoms with Crippen molar-refractivity contribution in [3.63, 3.8) is 0 Å². The topological polar surface area (TPSA) is 60.9 Å². The molecule has 7 atom stereocenters. The molecular formula is C31H48N2O3. The van der Waals surface area contributed by atoms with Gasteiger partial charge in [0.2, 0.25) is 0 Å². The van der Waals surface area contributed by atoms with Crippen molar-refractivity contribution >= 4 is 0 Å². The highest BCUT2D eigenvalue weighted by molar-refractivity contribution is 5.30. The molecule has 200 valence electrons. The van der Waals surface area contributed by atoms with Crippen LogP contribution in [0, 0.1) is 28.6 Å². The SMILES string of the molecule is C[C@]12CC[C@H](OCCN3CCCC3)C=C1CC[C@@H]1[C@@H]2CC[C@@]2(C)[C@H]1CC[C@@]2(OCCN)c1ccoc1. The van der Waals surface area contributed by atoms with Crippen molar-refractivity contribution in [1.82, 2.24) is 4.90 Å². The minimum Gasteiger partial charge on any atom is -0.472 e. The van der Waals surface area contributed by atoms with Gasteiger partial charge in [-0.2, -0.15) is 0 Å². The van der Waals surface area contributed by atoms with Crippen molar-refractivity contribution in [2.75, 3.05) is 39.4 Å². The second kappa shape index (κ2) is 9.87. The normalized spacial score (nSPS) is 42.6. The molecule has 0 unspecified atom stereocenters. The zero-order chi connectivity index (χ0) is 24.8. The van der Waals surface area contributed by atoms with Crippen molar-refractivity contribution < 1.29 is 13.9 Å². The number of rotatable bonds is 8. The van der Waals surface area contributed by atoms with Crippen LogP contribution in [0.2, 0.25) is 0 Å². The lowest BCUT2D eigenvalue weighted by Crippen LogP contribution is -2.54. The quantitative estimate of drug-likeness (QED) is 0.455. The van der Waals surface area contributed by atoms with Crippen LogP contribution in [0.4, 0.5) is 0 Å². The Labute approximate surface area is 218 Å². The number of likely N-dealkylation sites (tertiary alicyclic amines) is 1. The van der Waals surface area contributed by atoms with Gasteiger partial charge in [0.15, 0.2) is 0 Å². The summed E-state index contributed by atoms with van der Waals surface area (Å²) in [6.07, 6.45) is 19.3. The average molecular weight is 497 g/mol. The molecule has 3 saturated carbocycles. The molecule has 1 aromatic heterocycles. The van der Waals surface area contributed by atoms with Gasteiger partial charge in [0, 0.05) is 24.1 Å². The highest BCUT2D eigenvalue weighted by Gasteiger charge is 2.65. The Morgan fingerprint density at radius 1 is 1.03 bits per heavy atom. The summed E-state index contributed by atoms with van der Waals surface area (Å²) in [5.74, 6) is 2.28. The third-order valence-corrected chi connectivity index (χ3v) is 11.6. The van der Waals surface area contributed by atoms with Gasteiger partial charge in [-0.1, -0.05) is 25.5 Å². The standard InChI is InChI=1S/C31H48N2O3/c1-29-11-7-25(35-20-17-33-15-3-4-16-33)21-23(29)5-6-26-27(29)8-12-30(2)28(26)9-13-31(30,36-19-14-32)24-10-18-34-22-24/h10,18,21-22,25-28H,3-9,11-17,19-20,32H2,1-2H3/t25-,26+,27-,28-,29-,30-,31+/m0/s1. The lowest BCUT2D eigenvalue weighted by Gasteiger charge is -2.60. The first-order valence-electron chi connectivity index (χ1n) is 14.9. The minimum absolute atomic E-state index is 0.140. The van der Waals surface area contributed by atoms with Crippen LogP contribution in [0.1, 0.15) is 83.6 Å². The second-order valence-electron chi connectivity index (χ2n) is 13.0. The number of hydrogen-bond acceptors (Lipinski definition) is 5. The van der Waals surface area contributed by atoms with E-state index in [4.69, 9.17) is 19.6 Å². The molecule has 0 amide bonds. The summed E-state index contributed by atoms with van der Waals surface area (Å²) in [6, 6.07) is 2.14. The van der Waals surface area contributed by atoms with Crippen LogP contribution >= 0.6 is 0 Å². The van der Waals surface area contributed by atoms with Gasteiger partial charge in [-0.15, -0.1) is 0 Å². The van der Waals surface area contributed by atoms with Gasteiger partial charge < -0.3 is 24.5 Å². The fourth-order valence-corrected chi connectivity index (χ4v) is 9.69. The molecule has 36 heavy (non-hydrogen) atoms. The van der Waals surface area contributed by atoms with Gasteiger partial charge in [-0.3, -0.25) is 0 Å². The van der Waals surface area contributed by atoms with Crippen LogP contribution in [0.25, 0.3) is 0 Å². The summed E-state index contributed by atoms with van der Waals surface area (Å²) in [6.45, 7) is 10.8. The average Bonchev–Trinajstić information content (AvgIpc) is 3.64. The second-order valence-corrected chi connectivity index (χ2v) is 13.0. The Kier molecular flexibility index (Phi) is 6.90. The van der Waals surface area contributed by atoms with Crippen molar-refractivity contribution in [1.29, 1.82) is 0 Å². The summed E-state index contributed by atoms with van der Waals surface area (Å²) in [4.78, 5) is 2.56. The van der Waals surface area contributed by atoms with Crippen molar-refractivity contribution in [2.45, 2.75) is 89.8 Å². The van der Waals surface area contributed by atoms with E-state index in [1.165, 1.54) is 76.4 Å². The van der Waals surface area contributed by atoms with E-state index in [1.54, 1.807) is 5.57 Å². The van der Waals surface area contributed by atoms with Crippen LogP contribution in [-0.4, -0.2) is 50.4 Å². The molecule has 0 bridgehead atoms. The van der Waals surface area contributed by atoms with E-state index >= 15 is 0 Å². The molecule has 5 heteroatoms. The Hall–Kier alpha value is -1.14. The van der Waals surface area contributed by atoms with E-state index in [9.17, 15) is 0 Å². The van der Waals surface area contributed by atoms with Crippen molar-refractivity contribution in [3.8, 4) is 0 Å². The molecule has 6 rings (SSSR count). The first kappa shape index (κ1) is 25.2. The van der Waals surface area contributed by atoms with Gasteiger partial charge >= 0.3 is 0 Å². The predicted molar refractivity (Wildman–Crippen MR) is 143 cm³/mol. The van der Waals surface area contributed by atoms with Gasteiger partial charge in [-0.25, -0.2) is 0 Å². The number of hydrogen-bond donors (Lipinski definition) is 1. The molecular weight excluding hydrogens is 448 g/mol. The van der Waals surface area contributed by atoms with Crippen molar-refractivity contribution in [3.05, 3.63) is 35.8 Å². The van der Waals surface area contributed by atoms with E-state index in [1.807, 2.05) is 12.5 Å². The summed E-state index contributed by atoms with van der Waals surface area (Å²) in [5.41, 5.74) is 9.10. The molecule has 5 aliphatic rings. The Bertz CT molecular complexity index is 924. The van der Waals surface area contributed by atoms with E-state index in [-0.39, 0.29) is 11.0 Å². The molecule has 1 aromatic rings. The van der Waals surface area contributed by atoms with E-state index in [2.05, 4.69) is 30.9 Å². The number of nitrogens with zero attached hydrogens (tertiary/aromatic N) is 1. The Balaban J connectivity index is 1.18. The molecule has 0 radical (unpaired) electrons. The Morgan fingerprint density at radius 2 is 1.86 bits per heavy atom. The van der Waals surface area contributed by atoms with Crippen LogP contribution in [0.15, 0.2) is 34.7 Å². The summed E-state index contributed by atoms with van der Waals surface area (Å²) < 4.78 is 18.7. The number of ether oxygens (including phenoxy) is 2. The number of allylic oxidation sites excluding steroid dienone is 1. The van der Waals surface area contributed by atoms with Gasteiger partial charge in [0.05, 0.1) is 31.8 Å². The highest BCUT2D eigenvalue weighted by Crippen LogP contribution is 2.70. The maximum atomic E-state index is 6.74. The molecule has 5 nitrogen and oxygen atoms in total. The van der Waals surface area contributed by atoms with Crippen LogP contribution < -0.4 is 5.73 Å². The molecule has 2 N–H and O–H groups in total. The lowest BCUT2D eigenvalue weighted by molar-refractivity contribution is -0.164. The molecule has 4 fully saturated rings. The summed E-state index contributed by atoms with van der Waals surface area (Å²) >= 11 is 0. The lowest BCUT2D eigenvalue weighted by atomic mass is 9.46. The minimum atomic E-state index is -0.257.